The van der Waals surface area contributed by atoms with Gasteiger partial charge in [0.1, 0.15) is 0 Å². The number of hydrogen-bond donors (Lipinski definition) is 0. The van der Waals surface area contributed by atoms with Crippen molar-refractivity contribution in [3.8, 4) is 0 Å². The van der Waals surface area contributed by atoms with E-state index in [2.05, 4.69) is 42.8 Å². The number of unbranched alkanes of at least 4 members (excludes halogenated alkanes) is 1. The molecule has 1 aliphatic heterocycles. The van der Waals surface area contributed by atoms with E-state index in [1.54, 1.807) is 0 Å². The Kier molecular flexibility index (Phi) is 4.54. The normalized spacial score (nSPS) is 20.8. The number of hydrogen-bond acceptors (Lipinski definition) is 2. The maximum atomic E-state index is 4.31. The Balaban J connectivity index is 2.12. The summed E-state index contributed by atoms with van der Waals surface area (Å²) in [5.74, 6) is 0.645. The number of nitrogens with zero attached hydrogens (tertiary/aromatic N) is 2. The van der Waals surface area contributed by atoms with Gasteiger partial charge in [-0.3, -0.25) is 9.88 Å². The van der Waals surface area contributed by atoms with Gasteiger partial charge in [-0.25, -0.2) is 0 Å². The van der Waals surface area contributed by atoms with Crippen LogP contribution in [0.25, 0.3) is 5.57 Å². The van der Waals surface area contributed by atoms with E-state index < -0.39 is 0 Å². The summed E-state index contributed by atoms with van der Waals surface area (Å²) in [6.07, 6.45) is 8.90. The fourth-order valence-electron chi connectivity index (χ4n) is 2.63. The van der Waals surface area contributed by atoms with E-state index in [0.717, 1.165) is 6.54 Å². The van der Waals surface area contributed by atoms with Gasteiger partial charge >= 0.3 is 0 Å². The first kappa shape index (κ1) is 13.3. The molecule has 0 fully saturated rings. The second kappa shape index (κ2) is 6.14. The zero-order valence-electron chi connectivity index (χ0n) is 11.8. The third-order valence-corrected chi connectivity index (χ3v) is 3.50. The highest BCUT2D eigenvalue weighted by atomic mass is 15.1. The van der Waals surface area contributed by atoms with Crippen molar-refractivity contribution < 1.29 is 0 Å². The molecule has 18 heavy (non-hydrogen) atoms. The lowest BCUT2D eigenvalue weighted by Gasteiger charge is -2.30. The van der Waals surface area contributed by atoms with Crippen LogP contribution in [0.3, 0.4) is 0 Å². The molecule has 0 aromatic carbocycles. The van der Waals surface area contributed by atoms with Crippen molar-refractivity contribution in [3.05, 3.63) is 35.7 Å². The number of aryl methyl sites for hydroxylation is 1. The van der Waals surface area contributed by atoms with Gasteiger partial charge in [0.05, 0.1) is 0 Å². The molecule has 0 spiro atoms. The summed E-state index contributed by atoms with van der Waals surface area (Å²) in [7, 11) is 0. The fraction of sp³-hybridized carbons (Fsp3) is 0.562. The van der Waals surface area contributed by atoms with Crippen LogP contribution in [0.5, 0.6) is 0 Å². The molecular weight excluding hydrogens is 220 g/mol. The Hall–Kier alpha value is -1.15. The molecule has 2 nitrogen and oxygen atoms in total. The number of aromatic nitrogens is 1. The average molecular weight is 244 g/mol. The molecule has 0 radical (unpaired) electrons. The topological polar surface area (TPSA) is 16.1 Å². The van der Waals surface area contributed by atoms with Crippen molar-refractivity contribution in [1.82, 2.24) is 9.88 Å². The minimum absolute atomic E-state index is 0.645. The summed E-state index contributed by atoms with van der Waals surface area (Å²) < 4.78 is 0. The minimum Gasteiger partial charge on any atom is -0.298 e. The Morgan fingerprint density at radius 2 is 2.22 bits per heavy atom. The maximum absolute atomic E-state index is 4.31. The largest absolute Gasteiger partial charge is 0.298 e. The summed E-state index contributed by atoms with van der Waals surface area (Å²) >= 11 is 0. The van der Waals surface area contributed by atoms with Crippen molar-refractivity contribution in [2.75, 3.05) is 19.6 Å². The highest BCUT2D eigenvalue weighted by Crippen LogP contribution is 2.23. The number of pyridine rings is 1. The van der Waals surface area contributed by atoms with Crippen molar-refractivity contribution in [1.29, 1.82) is 0 Å². The van der Waals surface area contributed by atoms with E-state index in [9.17, 15) is 0 Å². The molecule has 98 valence electrons. The van der Waals surface area contributed by atoms with Gasteiger partial charge in [-0.05, 0) is 48.6 Å². The Labute approximate surface area is 111 Å². The third kappa shape index (κ3) is 3.42. The van der Waals surface area contributed by atoms with Crippen LogP contribution in [0.4, 0.5) is 0 Å². The van der Waals surface area contributed by atoms with Crippen molar-refractivity contribution in [2.24, 2.45) is 5.92 Å². The zero-order chi connectivity index (χ0) is 13.0. The third-order valence-electron chi connectivity index (χ3n) is 3.50. The quantitative estimate of drug-likeness (QED) is 0.805. The molecule has 0 amide bonds. The van der Waals surface area contributed by atoms with E-state index in [0.29, 0.717) is 5.92 Å². The first-order valence-corrected chi connectivity index (χ1v) is 7.04. The van der Waals surface area contributed by atoms with Gasteiger partial charge < -0.3 is 0 Å². The second-order valence-corrected chi connectivity index (χ2v) is 5.51. The maximum Gasteiger partial charge on any atom is 0.0343 e. The molecule has 1 aromatic heterocycles. The standard InChI is InChI=1S/C16H24N2/c1-4-5-6-18-11-14(3)8-16(12-18)15-7-13(2)9-17-10-15/h7-10,14H,4-6,11-12H2,1-3H3. The van der Waals surface area contributed by atoms with E-state index in [1.165, 1.54) is 42.6 Å². The van der Waals surface area contributed by atoms with Gasteiger partial charge in [0, 0.05) is 25.5 Å². The molecule has 0 saturated heterocycles. The van der Waals surface area contributed by atoms with Crippen LogP contribution in [0.1, 0.15) is 37.8 Å². The van der Waals surface area contributed by atoms with Gasteiger partial charge in [-0.1, -0.05) is 26.3 Å². The van der Waals surface area contributed by atoms with Crippen LogP contribution in [-0.2, 0) is 0 Å². The van der Waals surface area contributed by atoms with Crippen LogP contribution in [0, 0.1) is 12.8 Å². The van der Waals surface area contributed by atoms with Gasteiger partial charge in [-0.15, -0.1) is 0 Å². The Morgan fingerprint density at radius 1 is 1.39 bits per heavy atom. The lowest BCUT2D eigenvalue weighted by atomic mass is 9.96. The summed E-state index contributed by atoms with van der Waals surface area (Å²) in [5.41, 5.74) is 3.98. The van der Waals surface area contributed by atoms with Gasteiger partial charge in [0.2, 0.25) is 0 Å². The monoisotopic (exact) mass is 244 g/mol. The molecular formula is C16H24N2. The molecule has 0 saturated carbocycles. The fourth-order valence-corrected chi connectivity index (χ4v) is 2.63. The summed E-state index contributed by atoms with van der Waals surface area (Å²) in [4.78, 5) is 6.89. The smallest absolute Gasteiger partial charge is 0.0343 e. The van der Waals surface area contributed by atoms with Crippen molar-refractivity contribution >= 4 is 5.57 Å². The summed E-state index contributed by atoms with van der Waals surface area (Å²) in [5, 5.41) is 0. The molecule has 1 aliphatic rings. The molecule has 0 bridgehead atoms. The second-order valence-electron chi connectivity index (χ2n) is 5.51. The average Bonchev–Trinajstić information content (AvgIpc) is 2.36. The predicted molar refractivity (Wildman–Crippen MR) is 77.5 cm³/mol. The number of rotatable bonds is 4. The summed E-state index contributed by atoms with van der Waals surface area (Å²) in [6.45, 7) is 10.2. The van der Waals surface area contributed by atoms with Crippen LogP contribution in [0.2, 0.25) is 0 Å². The minimum atomic E-state index is 0.645. The first-order valence-electron chi connectivity index (χ1n) is 7.04. The van der Waals surface area contributed by atoms with Crippen LogP contribution in [-0.4, -0.2) is 29.5 Å². The zero-order valence-corrected chi connectivity index (χ0v) is 11.8. The van der Waals surface area contributed by atoms with Crippen LogP contribution >= 0.6 is 0 Å². The van der Waals surface area contributed by atoms with E-state index in [4.69, 9.17) is 0 Å². The van der Waals surface area contributed by atoms with Crippen LogP contribution < -0.4 is 0 Å². The van der Waals surface area contributed by atoms with Gasteiger partial charge in [-0.2, -0.15) is 0 Å². The Morgan fingerprint density at radius 3 is 2.94 bits per heavy atom. The predicted octanol–water partition coefficient (Wildman–Crippen LogP) is 3.53. The van der Waals surface area contributed by atoms with Gasteiger partial charge in [0.15, 0.2) is 0 Å². The molecule has 2 heterocycles. The molecule has 0 N–H and O–H groups in total. The highest BCUT2D eigenvalue weighted by Gasteiger charge is 2.18. The van der Waals surface area contributed by atoms with E-state index in [-0.39, 0.29) is 0 Å². The molecule has 1 atom stereocenters. The molecule has 1 unspecified atom stereocenters. The van der Waals surface area contributed by atoms with E-state index >= 15 is 0 Å². The van der Waals surface area contributed by atoms with Crippen molar-refractivity contribution in [2.45, 2.75) is 33.6 Å². The lowest BCUT2D eigenvalue weighted by molar-refractivity contribution is 0.268. The molecule has 1 aromatic rings. The van der Waals surface area contributed by atoms with E-state index in [1.807, 2.05) is 12.4 Å². The van der Waals surface area contributed by atoms with Crippen LogP contribution in [0.15, 0.2) is 24.5 Å². The van der Waals surface area contributed by atoms with Crippen molar-refractivity contribution in [3.63, 3.8) is 0 Å². The molecule has 2 rings (SSSR count). The van der Waals surface area contributed by atoms with Gasteiger partial charge in [0.25, 0.3) is 0 Å². The SMILES string of the molecule is CCCCN1CC(c2cncc(C)c2)=CC(C)C1. The molecule has 2 heteroatoms. The first-order chi connectivity index (χ1) is 8.69. The molecule has 0 aliphatic carbocycles. The Bertz CT molecular complexity index is 423. The highest BCUT2D eigenvalue weighted by molar-refractivity contribution is 5.67. The lowest BCUT2D eigenvalue weighted by Crippen LogP contribution is -2.34. The summed E-state index contributed by atoms with van der Waals surface area (Å²) in [6, 6.07) is 2.24.